The van der Waals surface area contributed by atoms with Gasteiger partial charge in [0.1, 0.15) is 5.70 Å². The van der Waals surface area contributed by atoms with Crippen LogP contribution in [0.1, 0.15) is 47.1 Å². The van der Waals surface area contributed by atoms with Crippen molar-refractivity contribution in [3.63, 3.8) is 0 Å². The monoisotopic (exact) mass is 323 g/mol. The van der Waals surface area contributed by atoms with Gasteiger partial charge in [0.15, 0.2) is 0 Å². The SMILES string of the molecule is C=CN/C(=C\c1cccnc1)C(=O)NCCO.CC.CC.CC. The average molecular weight is 323 g/mol. The van der Waals surface area contributed by atoms with Crippen molar-refractivity contribution in [2.24, 2.45) is 0 Å². The third kappa shape index (κ3) is 14.6. The molecule has 1 amide bonds. The van der Waals surface area contributed by atoms with Gasteiger partial charge in [-0.15, -0.1) is 0 Å². The number of rotatable bonds is 6. The van der Waals surface area contributed by atoms with Crippen LogP contribution in [0, 0.1) is 0 Å². The maximum Gasteiger partial charge on any atom is 0.267 e. The first-order valence-corrected chi connectivity index (χ1v) is 8.16. The second-order valence-corrected chi connectivity index (χ2v) is 3.17. The number of carbonyl (C=O) groups excluding carboxylic acids is 1. The Morgan fingerprint density at radius 2 is 1.87 bits per heavy atom. The number of carbonyl (C=O) groups is 1. The molecule has 0 aliphatic carbocycles. The second kappa shape index (κ2) is 22.1. The van der Waals surface area contributed by atoms with E-state index < -0.39 is 0 Å². The molecule has 1 rings (SSSR count). The van der Waals surface area contributed by atoms with Crippen molar-refractivity contribution >= 4 is 12.0 Å². The van der Waals surface area contributed by atoms with Crippen LogP contribution < -0.4 is 10.6 Å². The first-order valence-electron chi connectivity index (χ1n) is 8.16. The van der Waals surface area contributed by atoms with Crippen molar-refractivity contribution in [1.82, 2.24) is 15.6 Å². The molecule has 0 atom stereocenters. The van der Waals surface area contributed by atoms with Crippen molar-refractivity contribution in [3.8, 4) is 0 Å². The molecule has 0 aliphatic rings. The van der Waals surface area contributed by atoms with Crippen molar-refractivity contribution < 1.29 is 9.90 Å². The van der Waals surface area contributed by atoms with Gasteiger partial charge in [-0.2, -0.15) is 0 Å². The largest absolute Gasteiger partial charge is 0.395 e. The van der Waals surface area contributed by atoms with E-state index in [0.29, 0.717) is 5.70 Å². The van der Waals surface area contributed by atoms with E-state index in [0.717, 1.165) is 5.56 Å². The molecule has 0 spiro atoms. The van der Waals surface area contributed by atoms with Gasteiger partial charge < -0.3 is 15.7 Å². The highest BCUT2D eigenvalue weighted by atomic mass is 16.3. The number of aliphatic hydroxyl groups is 1. The molecule has 5 heteroatoms. The summed E-state index contributed by atoms with van der Waals surface area (Å²) in [5.41, 5.74) is 1.15. The van der Waals surface area contributed by atoms with Gasteiger partial charge in [-0.05, 0) is 23.9 Å². The summed E-state index contributed by atoms with van der Waals surface area (Å²) in [4.78, 5) is 15.6. The van der Waals surface area contributed by atoms with E-state index in [9.17, 15) is 4.79 Å². The molecule has 0 aliphatic heterocycles. The normalized spacial score (nSPS) is 8.74. The minimum Gasteiger partial charge on any atom is -0.395 e. The summed E-state index contributed by atoms with van der Waals surface area (Å²) in [5.74, 6) is -0.303. The molecule has 23 heavy (non-hydrogen) atoms. The van der Waals surface area contributed by atoms with Crippen LogP contribution in [0.3, 0.4) is 0 Å². The molecule has 3 N–H and O–H groups in total. The zero-order chi connectivity index (χ0) is 18.5. The lowest BCUT2D eigenvalue weighted by Crippen LogP contribution is -2.31. The predicted molar refractivity (Wildman–Crippen MR) is 99.7 cm³/mol. The van der Waals surface area contributed by atoms with Crippen LogP contribution in [0.4, 0.5) is 0 Å². The molecular formula is C18H33N3O2. The molecule has 1 heterocycles. The molecule has 0 aromatic carbocycles. The molecular weight excluding hydrogens is 290 g/mol. The molecule has 5 nitrogen and oxygen atoms in total. The predicted octanol–water partition coefficient (Wildman–Crippen LogP) is 3.34. The molecule has 0 bridgehead atoms. The quantitative estimate of drug-likeness (QED) is 0.702. The molecule has 0 radical (unpaired) electrons. The molecule has 1 aromatic rings. The van der Waals surface area contributed by atoms with Gasteiger partial charge in [-0.3, -0.25) is 9.78 Å². The molecule has 0 saturated carbocycles. The number of nitrogens with one attached hydrogen (secondary N) is 2. The van der Waals surface area contributed by atoms with Gasteiger partial charge in [-0.1, -0.05) is 54.2 Å². The summed E-state index contributed by atoms with van der Waals surface area (Å²) < 4.78 is 0. The fourth-order valence-electron chi connectivity index (χ4n) is 1.18. The average Bonchev–Trinajstić information content (AvgIpc) is 2.65. The van der Waals surface area contributed by atoms with Crippen molar-refractivity contribution in [1.29, 1.82) is 0 Å². The Labute approximate surface area is 141 Å². The smallest absolute Gasteiger partial charge is 0.267 e. The molecule has 0 fully saturated rings. The summed E-state index contributed by atoms with van der Waals surface area (Å²) in [6, 6.07) is 3.61. The van der Waals surface area contributed by atoms with E-state index in [2.05, 4.69) is 22.2 Å². The van der Waals surface area contributed by atoms with Gasteiger partial charge in [-0.25, -0.2) is 0 Å². The minimum atomic E-state index is -0.303. The van der Waals surface area contributed by atoms with Crippen LogP contribution in [0.25, 0.3) is 6.08 Å². The standard InChI is InChI=1S/C12H15N3O2.3C2H6/c1-2-14-11(12(17)15-6-7-16)8-10-4-3-5-13-9-10;3*1-2/h2-5,8-9,14,16H,1,6-7H2,(H,15,17);3*1-2H3/b11-8-;;;. The van der Waals surface area contributed by atoms with Crippen LogP contribution in [0.15, 0.2) is 43.0 Å². The van der Waals surface area contributed by atoms with Crippen LogP contribution in [-0.2, 0) is 4.79 Å². The molecule has 0 unspecified atom stereocenters. The number of nitrogens with zero attached hydrogens (tertiary/aromatic N) is 1. The van der Waals surface area contributed by atoms with Gasteiger partial charge in [0.2, 0.25) is 0 Å². The fourth-order valence-corrected chi connectivity index (χ4v) is 1.18. The Morgan fingerprint density at radius 3 is 2.30 bits per heavy atom. The Kier molecular flexibility index (Phi) is 24.8. The Hall–Kier alpha value is -2.14. The maximum absolute atomic E-state index is 11.7. The lowest BCUT2D eigenvalue weighted by atomic mass is 10.2. The topological polar surface area (TPSA) is 74.2 Å². The summed E-state index contributed by atoms with van der Waals surface area (Å²) in [6.45, 7) is 15.6. The van der Waals surface area contributed by atoms with Crippen LogP contribution in [-0.4, -0.2) is 29.1 Å². The highest BCUT2D eigenvalue weighted by Gasteiger charge is 2.06. The highest BCUT2D eigenvalue weighted by molar-refractivity contribution is 5.97. The van der Waals surface area contributed by atoms with Crippen LogP contribution in [0.5, 0.6) is 0 Å². The molecule has 1 aromatic heterocycles. The zero-order valence-electron chi connectivity index (χ0n) is 15.4. The third-order valence-electron chi connectivity index (χ3n) is 1.89. The molecule has 0 saturated heterocycles. The summed E-state index contributed by atoms with van der Waals surface area (Å²) in [6.07, 6.45) is 6.37. The fraction of sp³-hybridized carbons (Fsp3) is 0.444. The summed E-state index contributed by atoms with van der Waals surface area (Å²) >= 11 is 0. The number of hydrogen-bond donors (Lipinski definition) is 3. The minimum absolute atomic E-state index is 0.0972. The number of aliphatic hydroxyl groups excluding tert-OH is 1. The second-order valence-electron chi connectivity index (χ2n) is 3.17. The summed E-state index contributed by atoms with van der Waals surface area (Å²) in [7, 11) is 0. The molecule has 132 valence electrons. The number of hydrogen-bond acceptors (Lipinski definition) is 4. The lowest BCUT2D eigenvalue weighted by Gasteiger charge is -2.07. The van der Waals surface area contributed by atoms with Crippen molar-refractivity contribution in [3.05, 3.63) is 48.6 Å². The van der Waals surface area contributed by atoms with Crippen LogP contribution >= 0.6 is 0 Å². The Balaban J connectivity index is -0.000000595. The van der Waals surface area contributed by atoms with E-state index in [1.165, 1.54) is 6.20 Å². The van der Waals surface area contributed by atoms with E-state index in [-0.39, 0.29) is 19.1 Å². The van der Waals surface area contributed by atoms with E-state index in [1.54, 1.807) is 24.5 Å². The van der Waals surface area contributed by atoms with E-state index >= 15 is 0 Å². The van der Waals surface area contributed by atoms with Gasteiger partial charge in [0.25, 0.3) is 5.91 Å². The van der Waals surface area contributed by atoms with Crippen LogP contribution in [0.2, 0.25) is 0 Å². The lowest BCUT2D eigenvalue weighted by molar-refractivity contribution is -0.117. The summed E-state index contributed by atoms with van der Waals surface area (Å²) in [5, 5.41) is 13.9. The number of aromatic nitrogens is 1. The van der Waals surface area contributed by atoms with Gasteiger partial charge in [0.05, 0.1) is 6.61 Å². The van der Waals surface area contributed by atoms with Gasteiger partial charge >= 0.3 is 0 Å². The first-order chi connectivity index (χ1) is 11.3. The zero-order valence-corrected chi connectivity index (χ0v) is 15.4. The number of pyridine rings is 1. The van der Waals surface area contributed by atoms with Crippen molar-refractivity contribution in [2.45, 2.75) is 41.5 Å². The Morgan fingerprint density at radius 1 is 1.26 bits per heavy atom. The third-order valence-corrected chi connectivity index (χ3v) is 1.89. The highest BCUT2D eigenvalue weighted by Crippen LogP contribution is 2.03. The first kappa shape index (κ1) is 25.8. The number of amides is 1. The Bertz CT molecular complexity index is 404. The van der Waals surface area contributed by atoms with E-state index in [1.807, 2.05) is 47.6 Å². The van der Waals surface area contributed by atoms with Crippen molar-refractivity contribution in [2.75, 3.05) is 13.2 Å². The maximum atomic E-state index is 11.7. The van der Waals surface area contributed by atoms with E-state index in [4.69, 9.17) is 5.11 Å². The van der Waals surface area contributed by atoms with Gasteiger partial charge in [0, 0.05) is 18.9 Å².